The van der Waals surface area contributed by atoms with Gasteiger partial charge in [-0.2, -0.15) is 0 Å². The van der Waals surface area contributed by atoms with Crippen LogP contribution in [0, 0.1) is 6.92 Å². The second-order valence-corrected chi connectivity index (χ2v) is 12.9. The van der Waals surface area contributed by atoms with Crippen LogP contribution in [0.3, 0.4) is 0 Å². The first-order valence-electron chi connectivity index (χ1n) is 12.8. The fraction of sp³-hybridized carbons (Fsp3) is 0.310. The van der Waals surface area contributed by atoms with Crippen LogP contribution in [0.4, 0.5) is 5.69 Å². The molecule has 0 saturated heterocycles. The molecule has 0 fully saturated rings. The first-order valence-corrected chi connectivity index (χ1v) is 15.8. The van der Waals surface area contributed by atoms with E-state index in [1.165, 1.54) is 17.0 Å². The van der Waals surface area contributed by atoms with Gasteiger partial charge < -0.3 is 10.2 Å². The molecule has 0 aliphatic carbocycles. The summed E-state index contributed by atoms with van der Waals surface area (Å²) in [5.41, 5.74) is 1.87. The lowest BCUT2D eigenvalue weighted by molar-refractivity contribution is -0.140. The van der Waals surface area contributed by atoms with Crippen LogP contribution in [0.25, 0.3) is 0 Å². The molecule has 3 rings (SSSR count). The maximum Gasteiger partial charge on any atom is 0.264 e. The van der Waals surface area contributed by atoms with Crippen LogP contribution in [0.1, 0.15) is 37.8 Å². The Morgan fingerprint density at radius 1 is 0.950 bits per heavy atom. The molecule has 0 radical (unpaired) electrons. The van der Waals surface area contributed by atoms with E-state index in [1.54, 1.807) is 61.5 Å². The molecule has 0 unspecified atom stereocenters. The maximum atomic E-state index is 14.0. The Bertz CT molecular complexity index is 1430. The molecular weight excluding hydrogens is 637 g/mol. The van der Waals surface area contributed by atoms with Gasteiger partial charge in [0.15, 0.2) is 0 Å². The molecule has 3 aromatic rings. The zero-order valence-corrected chi connectivity index (χ0v) is 26.4. The molecular formula is C29H32BrCl2N3O4S. The van der Waals surface area contributed by atoms with Gasteiger partial charge in [0.05, 0.1) is 20.6 Å². The SMILES string of the molecule is CCCNC(=O)[C@@H](CC)N(Cc1ccc(Cl)c(Cl)c1)C(=O)CN(c1ccc(Br)cc1)S(=O)(=O)c1ccc(C)cc1. The van der Waals surface area contributed by atoms with Crippen LogP contribution in [-0.2, 0) is 26.2 Å². The van der Waals surface area contributed by atoms with Crippen molar-refractivity contribution in [3.05, 3.63) is 92.4 Å². The standard InChI is InChI=1S/C29H32BrCl2N3O4S/c1-4-16-33-29(37)27(5-2)34(18-21-8-15-25(31)26(32)17-21)28(36)19-35(23-11-9-22(30)10-12-23)40(38,39)24-13-6-20(3)7-14-24/h6-15,17,27H,4-5,16,18-19H2,1-3H3,(H,33,37)/t27-/m1/s1. The summed E-state index contributed by atoms with van der Waals surface area (Å²) in [5, 5.41) is 3.54. The number of aryl methyl sites for hydroxylation is 1. The summed E-state index contributed by atoms with van der Waals surface area (Å²) in [4.78, 5) is 28.6. The molecule has 11 heteroatoms. The predicted molar refractivity (Wildman–Crippen MR) is 164 cm³/mol. The zero-order chi connectivity index (χ0) is 29.4. The van der Waals surface area contributed by atoms with Gasteiger partial charge in [0, 0.05) is 17.6 Å². The number of amides is 2. The number of rotatable bonds is 12. The van der Waals surface area contributed by atoms with Gasteiger partial charge in [-0.3, -0.25) is 13.9 Å². The number of nitrogens with one attached hydrogen (secondary N) is 1. The zero-order valence-electron chi connectivity index (χ0n) is 22.5. The Kier molecular flexibility index (Phi) is 11.5. The molecule has 1 N–H and O–H groups in total. The minimum absolute atomic E-state index is 0.0343. The van der Waals surface area contributed by atoms with Gasteiger partial charge >= 0.3 is 0 Å². The average molecular weight is 669 g/mol. The van der Waals surface area contributed by atoms with E-state index < -0.39 is 28.5 Å². The van der Waals surface area contributed by atoms with Crippen LogP contribution >= 0.6 is 39.1 Å². The van der Waals surface area contributed by atoms with E-state index in [-0.39, 0.29) is 17.3 Å². The Labute approximate surface area is 254 Å². The van der Waals surface area contributed by atoms with Crippen molar-refractivity contribution in [2.24, 2.45) is 0 Å². The summed E-state index contributed by atoms with van der Waals surface area (Å²) in [6, 6.07) is 17.2. The second-order valence-electron chi connectivity index (χ2n) is 9.29. The number of hydrogen-bond acceptors (Lipinski definition) is 4. The van der Waals surface area contributed by atoms with Gasteiger partial charge in [-0.15, -0.1) is 0 Å². The Balaban J connectivity index is 2.06. The highest BCUT2D eigenvalue weighted by molar-refractivity contribution is 9.10. The Morgan fingerprint density at radius 3 is 2.17 bits per heavy atom. The molecule has 0 aliphatic heterocycles. The van der Waals surface area contributed by atoms with Gasteiger partial charge in [-0.1, -0.05) is 76.7 Å². The summed E-state index contributed by atoms with van der Waals surface area (Å²) in [6.07, 6.45) is 1.06. The van der Waals surface area contributed by atoms with E-state index in [2.05, 4.69) is 21.2 Å². The quantitative estimate of drug-likeness (QED) is 0.236. The summed E-state index contributed by atoms with van der Waals surface area (Å²) in [7, 11) is -4.13. The monoisotopic (exact) mass is 667 g/mol. The third-order valence-electron chi connectivity index (χ3n) is 6.27. The number of sulfonamides is 1. The molecule has 0 aromatic heterocycles. The summed E-state index contributed by atoms with van der Waals surface area (Å²) >= 11 is 15.7. The van der Waals surface area contributed by atoms with E-state index in [4.69, 9.17) is 23.2 Å². The molecule has 0 aliphatic rings. The molecule has 40 heavy (non-hydrogen) atoms. The molecule has 0 spiro atoms. The fourth-order valence-electron chi connectivity index (χ4n) is 4.09. The smallest absolute Gasteiger partial charge is 0.264 e. The van der Waals surface area contributed by atoms with Gasteiger partial charge in [-0.25, -0.2) is 8.42 Å². The highest BCUT2D eigenvalue weighted by Gasteiger charge is 2.33. The molecule has 0 bridgehead atoms. The van der Waals surface area contributed by atoms with Crippen LogP contribution < -0.4 is 9.62 Å². The van der Waals surface area contributed by atoms with Crippen molar-refractivity contribution in [1.82, 2.24) is 10.2 Å². The van der Waals surface area contributed by atoms with Crippen molar-refractivity contribution >= 4 is 66.7 Å². The summed E-state index contributed by atoms with van der Waals surface area (Å²) < 4.78 is 29.6. The largest absolute Gasteiger partial charge is 0.354 e. The van der Waals surface area contributed by atoms with Gasteiger partial charge in [0.25, 0.3) is 10.0 Å². The van der Waals surface area contributed by atoms with E-state index in [0.717, 1.165) is 20.8 Å². The number of hydrogen-bond donors (Lipinski definition) is 1. The lowest BCUT2D eigenvalue weighted by atomic mass is 10.1. The Hall–Kier alpha value is -2.59. The van der Waals surface area contributed by atoms with Crippen molar-refractivity contribution in [2.45, 2.75) is 51.1 Å². The van der Waals surface area contributed by atoms with Gasteiger partial charge in [0.2, 0.25) is 11.8 Å². The maximum absolute atomic E-state index is 14.0. The van der Waals surface area contributed by atoms with Crippen molar-refractivity contribution < 1.29 is 18.0 Å². The normalized spacial score (nSPS) is 12.1. The third kappa shape index (κ3) is 8.00. The van der Waals surface area contributed by atoms with Gasteiger partial charge in [0.1, 0.15) is 12.6 Å². The third-order valence-corrected chi connectivity index (χ3v) is 9.33. The molecule has 3 aromatic carbocycles. The highest BCUT2D eigenvalue weighted by atomic mass is 79.9. The Morgan fingerprint density at radius 2 is 1.60 bits per heavy atom. The summed E-state index contributed by atoms with van der Waals surface area (Å²) in [6.45, 7) is 5.58. The predicted octanol–water partition coefficient (Wildman–Crippen LogP) is 6.59. The number of nitrogens with zero attached hydrogens (tertiary/aromatic N) is 2. The van der Waals surface area contributed by atoms with Crippen LogP contribution in [0.5, 0.6) is 0 Å². The van der Waals surface area contributed by atoms with Crippen molar-refractivity contribution in [2.75, 3.05) is 17.4 Å². The lowest BCUT2D eigenvalue weighted by Crippen LogP contribution is -2.52. The number of carbonyl (C=O) groups is 2. The molecule has 0 saturated carbocycles. The molecule has 2 amide bonds. The second kappa shape index (κ2) is 14.3. The molecule has 1 atom stereocenters. The first kappa shape index (κ1) is 31.9. The van der Waals surface area contributed by atoms with Crippen LogP contribution in [0.2, 0.25) is 10.0 Å². The lowest BCUT2D eigenvalue weighted by Gasteiger charge is -2.33. The number of carbonyl (C=O) groups excluding carboxylic acids is 2. The molecule has 7 nitrogen and oxygen atoms in total. The van der Waals surface area contributed by atoms with Crippen molar-refractivity contribution in [3.63, 3.8) is 0 Å². The summed E-state index contributed by atoms with van der Waals surface area (Å²) in [5.74, 6) is -0.850. The molecule has 214 valence electrons. The first-order chi connectivity index (χ1) is 19.0. The van der Waals surface area contributed by atoms with E-state index in [1.807, 2.05) is 13.8 Å². The number of anilines is 1. The minimum atomic E-state index is -4.13. The van der Waals surface area contributed by atoms with Crippen molar-refractivity contribution in [1.29, 1.82) is 0 Å². The number of benzene rings is 3. The van der Waals surface area contributed by atoms with E-state index >= 15 is 0 Å². The average Bonchev–Trinajstić information content (AvgIpc) is 2.93. The highest BCUT2D eigenvalue weighted by Crippen LogP contribution is 2.27. The molecule has 0 heterocycles. The van der Waals surface area contributed by atoms with E-state index in [9.17, 15) is 18.0 Å². The fourth-order valence-corrected chi connectivity index (χ4v) is 6.09. The van der Waals surface area contributed by atoms with Crippen molar-refractivity contribution in [3.8, 4) is 0 Å². The van der Waals surface area contributed by atoms with E-state index in [0.29, 0.717) is 34.3 Å². The van der Waals surface area contributed by atoms with Gasteiger partial charge in [-0.05, 0) is 73.9 Å². The number of halogens is 3. The van der Waals surface area contributed by atoms with Crippen LogP contribution in [0.15, 0.2) is 76.1 Å². The minimum Gasteiger partial charge on any atom is -0.354 e. The van der Waals surface area contributed by atoms with Crippen LogP contribution in [-0.4, -0.2) is 44.3 Å². The topological polar surface area (TPSA) is 86.8 Å².